The summed E-state index contributed by atoms with van der Waals surface area (Å²) in [5.41, 5.74) is 0.704. The highest BCUT2D eigenvalue weighted by molar-refractivity contribution is 7.12. The molecule has 8 heteroatoms. The molecule has 2 aromatic rings. The molecule has 114 valence electrons. The van der Waals surface area contributed by atoms with E-state index in [0.717, 1.165) is 0 Å². The number of nitrogens with zero attached hydrogens (tertiary/aromatic N) is 3. The third kappa shape index (κ3) is 3.12. The fraction of sp³-hybridized carbons (Fsp3) is 0.286. The molecule has 0 saturated carbocycles. The van der Waals surface area contributed by atoms with E-state index in [1.165, 1.54) is 29.9 Å². The maximum atomic E-state index is 12.5. The minimum Gasteiger partial charge on any atom is -0.378 e. The zero-order valence-electron chi connectivity index (χ0n) is 11.7. The van der Waals surface area contributed by atoms with E-state index in [2.05, 4.69) is 15.3 Å². The summed E-state index contributed by atoms with van der Waals surface area (Å²) in [7, 11) is 0. The minimum absolute atomic E-state index is 0.0901. The van der Waals surface area contributed by atoms with E-state index in [0.29, 0.717) is 36.9 Å². The molecule has 1 fully saturated rings. The zero-order chi connectivity index (χ0) is 15.4. The van der Waals surface area contributed by atoms with Crippen LogP contribution >= 0.6 is 11.3 Å². The lowest BCUT2D eigenvalue weighted by atomic mass is 10.3. The highest BCUT2D eigenvalue weighted by atomic mass is 32.1. The lowest BCUT2D eigenvalue weighted by molar-refractivity contribution is 0.0307. The summed E-state index contributed by atoms with van der Waals surface area (Å²) < 4.78 is 5.24. The van der Waals surface area contributed by atoms with E-state index < -0.39 is 0 Å². The number of rotatable bonds is 3. The van der Waals surface area contributed by atoms with Crippen molar-refractivity contribution in [3.63, 3.8) is 0 Å². The summed E-state index contributed by atoms with van der Waals surface area (Å²) >= 11 is 1.31. The second-order valence-electron chi connectivity index (χ2n) is 4.61. The standard InChI is InChI=1S/C14H14N4O3S/c19-13(11-9-15-2-3-16-11)17-10-1-8-22-12(10)14(20)18-4-6-21-7-5-18/h1-3,8-9H,4-7H2,(H,17,19). The molecule has 22 heavy (non-hydrogen) atoms. The summed E-state index contributed by atoms with van der Waals surface area (Å²) in [6.07, 6.45) is 4.32. The molecule has 2 amide bonds. The number of hydrogen-bond donors (Lipinski definition) is 1. The first-order chi connectivity index (χ1) is 10.8. The molecule has 1 aliphatic heterocycles. The van der Waals surface area contributed by atoms with Crippen LogP contribution in [-0.4, -0.2) is 53.0 Å². The van der Waals surface area contributed by atoms with Gasteiger partial charge >= 0.3 is 0 Å². The van der Waals surface area contributed by atoms with E-state index in [1.807, 2.05) is 0 Å². The fourth-order valence-corrected chi connectivity index (χ4v) is 2.90. The summed E-state index contributed by atoms with van der Waals surface area (Å²) in [5, 5.41) is 4.49. The molecule has 0 aromatic carbocycles. The van der Waals surface area contributed by atoms with Gasteiger partial charge in [-0.2, -0.15) is 0 Å². The van der Waals surface area contributed by atoms with Crippen molar-refractivity contribution in [1.29, 1.82) is 0 Å². The average molecular weight is 318 g/mol. The normalized spacial score (nSPS) is 14.6. The lowest BCUT2D eigenvalue weighted by Crippen LogP contribution is -2.40. The first-order valence-corrected chi connectivity index (χ1v) is 7.65. The van der Waals surface area contributed by atoms with Crippen LogP contribution in [0.4, 0.5) is 5.69 Å². The highest BCUT2D eigenvalue weighted by Gasteiger charge is 2.23. The van der Waals surface area contributed by atoms with Crippen molar-refractivity contribution in [2.24, 2.45) is 0 Å². The number of amides is 2. The first-order valence-electron chi connectivity index (χ1n) is 6.77. The third-order valence-electron chi connectivity index (χ3n) is 3.20. The molecule has 0 atom stereocenters. The Balaban J connectivity index is 1.74. The zero-order valence-corrected chi connectivity index (χ0v) is 12.5. The van der Waals surface area contributed by atoms with Crippen molar-refractivity contribution >= 4 is 28.8 Å². The number of anilines is 1. The van der Waals surface area contributed by atoms with Crippen LogP contribution in [0, 0.1) is 0 Å². The van der Waals surface area contributed by atoms with Gasteiger partial charge in [-0.1, -0.05) is 0 Å². The van der Waals surface area contributed by atoms with Gasteiger partial charge in [0.05, 0.1) is 25.1 Å². The number of aromatic nitrogens is 2. The van der Waals surface area contributed by atoms with Gasteiger partial charge in [-0.15, -0.1) is 11.3 Å². The summed E-state index contributed by atoms with van der Waals surface area (Å²) in [5.74, 6) is -0.477. The Morgan fingerprint density at radius 1 is 1.27 bits per heavy atom. The second kappa shape index (κ2) is 6.63. The number of nitrogens with one attached hydrogen (secondary N) is 1. The van der Waals surface area contributed by atoms with E-state index in [-0.39, 0.29) is 17.5 Å². The Bertz CT molecular complexity index is 668. The van der Waals surface area contributed by atoms with Crippen molar-refractivity contribution in [2.75, 3.05) is 31.6 Å². The highest BCUT2D eigenvalue weighted by Crippen LogP contribution is 2.25. The largest absolute Gasteiger partial charge is 0.378 e. The number of carbonyl (C=O) groups excluding carboxylic acids is 2. The Labute approximate surface area is 130 Å². The predicted octanol–water partition coefficient (Wildman–Crippen LogP) is 1.26. The van der Waals surface area contributed by atoms with Gasteiger partial charge in [0.25, 0.3) is 11.8 Å². The molecule has 7 nitrogen and oxygen atoms in total. The van der Waals surface area contributed by atoms with Crippen LogP contribution in [0.3, 0.4) is 0 Å². The predicted molar refractivity (Wildman–Crippen MR) is 81.0 cm³/mol. The topological polar surface area (TPSA) is 84.4 Å². The maximum Gasteiger partial charge on any atom is 0.275 e. The van der Waals surface area contributed by atoms with Gasteiger partial charge in [-0.3, -0.25) is 14.6 Å². The third-order valence-corrected chi connectivity index (χ3v) is 4.10. The van der Waals surface area contributed by atoms with E-state index >= 15 is 0 Å². The van der Waals surface area contributed by atoms with Crippen molar-refractivity contribution in [2.45, 2.75) is 0 Å². The van der Waals surface area contributed by atoms with E-state index in [1.54, 1.807) is 16.3 Å². The van der Waals surface area contributed by atoms with Gasteiger partial charge in [0.15, 0.2) is 0 Å². The molecule has 0 unspecified atom stereocenters. The second-order valence-corrected chi connectivity index (χ2v) is 5.53. The van der Waals surface area contributed by atoms with Gasteiger partial charge < -0.3 is 15.0 Å². The lowest BCUT2D eigenvalue weighted by Gasteiger charge is -2.26. The molecule has 3 rings (SSSR count). The molecule has 1 aliphatic rings. The number of thiophene rings is 1. The molecule has 0 spiro atoms. The first kappa shape index (κ1) is 14.6. The number of morpholine rings is 1. The van der Waals surface area contributed by atoms with Gasteiger partial charge in [-0.25, -0.2) is 4.98 Å². The van der Waals surface area contributed by atoms with Crippen LogP contribution < -0.4 is 5.32 Å². The van der Waals surface area contributed by atoms with Crippen LogP contribution in [0.25, 0.3) is 0 Å². The molecule has 0 aliphatic carbocycles. The maximum absolute atomic E-state index is 12.5. The summed E-state index contributed by atoms with van der Waals surface area (Å²) in [4.78, 5) is 34.6. The van der Waals surface area contributed by atoms with Gasteiger partial charge in [-0.05, 0) is 11.4 Å². The Kier molecular flexibility index (Phi) is 4.40. The van der Waals surface area contributed by atoms with Gasteiger partial charge in [0.2, 0.25) is 0 Å². The molecular weight excluding hydrogens is 304 g/mol. The molecule has 0 bridgehead atoms. The number of carbonyl (C=O) groups is 2. The molecule has 1 saturated heterocycles. The monoisotopic (exact) mass is 318 g/mol. The van der Waals surface area contributed by atoms with Gasteiger partial charge in [0.1, 0.15) is 10.6 Å². The van der Waals surface area contributed by atoms with Crippen LogP contribution in [0.5, 0.6) is 0 Å². The van der Waals surface area contributed by atoms with Crippen LogP contribution in [0.1, 0.15) is 20.2 Å². The quantitative estimate of drug-likeness (QED) is 0.921. The summed E-state index contributed by atoms with van der Waals surface area (Å²) in [6, 6.07) is 1.71. The Morgan fingerprint density at radius 3 is 2.82 bits per heavy atom. The van der Waals surface area contributed by atoms with Crippen molar-refractivity contribution in [3.05, 3.63) is 40.6 Å². The average Bonchev–Trinajstić information content (AvgIpc) is 3.04. The number of hydrogen-bond acceptors (Lipinski definition) is 6. The Morgan fingerprint density at radius 2 is 2.09 bits per heavy atom. The SMILES string of the molecule is O=C(Nc1ccsc1C(=O)N1CCOCC1)c1cnccn1. The van der Waals surface area contributed by atoms with Crippen molar-refractivity contribution < 1.29 is 14.3 Å². The van der Waals surface area contributed by atoms with E-state index in [9.17, 15) is 9.59 Å². The smallest absolute Gasteiger partial charge is 0.275 e. The summed E-state index contributed by atoms with van der Waals surface area (Å²) in [6.45, 7) is 2.21. The molecule has 2 aromatic heterocycles. The van der Waals surface area contributed by atoms with Crippen LogP contribution in [-0.2, 0) is 4.74 Å². The minimum atomic E-state index is -0.387. The molecule has 1 N–H and O–H groups in total. The molecule has 0 radical (unpaired) electrons. The van der Waals surface area contributed by atoms with Gasteiger partial charge in [0, 0.05) is 25.5 Å². The van der Waals surface area contributed by atoms with Crippen LogP contribution in [0.15, 0.2) is 30.0 Å². The van der Waals surface area contributed by atoms with Crippen LogP contribution in [0.2, 0.25) is 0 Å². The molecule has 3 heterocycles. The fourth-order valence-electron chi connectivity index (χ4n) is 2.09. The van der Waals surface area contributed by atoms with Crippen molar-refractivity contribution in [1.82, 2.24) is 14.9 Å². The molecular formula is C14H14N4O3S. The van der Waals surface area contributed by atoms with Crippen molar-refractivity contribution in [3.8, 4) is 0 Å². The number of ether oxygens (including phenoxy) is 1. The van der Waals surface area contributed by atoms with E-state index in [4.69, 9.17) is 4.74 Å². The Hall–Kier alpha value is -2.32.